The summed E-state index contributed by atoms with van der Waals surface area (Å²) in [4.78, 5) is 16.7. The van der Waals surface area contributed by atoms with E-state index in [0.717, 1.165) is 42.1 Å². The van der Waals surface area contributed by atoms with Gasteiger partial charge in [0.1, 0.15) is 0 Å². The Hall–Kier alpha value is -2.38. The van der Waals surface area contributed by atoms with Crippen LogP contribution in [-0.2, 0) is 4.79 Å². The summed E-state index contributed by atoms with van der Waals surface area (Å²) in [6.07, 6.45) is 5.53. The topological polar surface area (TPSA) is 54.4 Å². The van der Waals surface area contributed by atoms with Crippen LogP contribution in [0.3, 0.4) is 0 Å². The molecule has 1 aromatic carbocycles. The van der Waals surface area contributed by atoms with Crippen molar-refractivity contribution in [1.82, 2.24) is 9.91 Å². The Kier molecular flexibility index (Phi) is 6.69. The number of carbonyl (C=O) groups is 1. The molecule has 1 amide bonds. The lowest BCUT2D eigenvalue weighted by molar-refractivity contribution is -0.134. The molecule has 3 heterocycles. The van der Waals surface area contributed by atoms with E-state index in [0.29, 0.717) is 24.5 Å². The molecule has 1 saturated heterocycles. The maximum absolute atomic E-state index is 13.3. The number of hydrogen-bond donors (Lipinski definition) is 0. The van der Waals surface area contributed by atoms with Crippen molar-refractivity contribution in [1.29, 1.82) is 0 Å². The minimum atomic E-state index is -0.138. The zero-order valence-electron chi connectivity index (χ0n) is 17.7. The van der Waals surface area contributed by atoms with Crippen molar-refractivity contribution in [2.24, 2.45) is 5.10 Å². The summed E-state index contributed by atoms with van der Waals surface area (Å²) in [6, 6.07) is 9.82. The van der Waals surface area contributed by atoms with E-state index in [2.05, 4.69) is 11.0 Å². The molecular formula is C23H29N3O3S. The van der Waals surface area contributed by atoms with Crippen LogP contribution < -0.4 is 9.47 Å². The van der Waals surface area contributed by atoms with Gasteiger partial charge in [-0.05, 0) is 55.1 Å². The number of carbonyl (C=O) groups excluding carboxylic acids is 1. The van der Waals surface area contributed by atoms with E-state index in [-0.39, 0.29) is 11.9 Å². The zero-order valence-corrected chi connectivity index (χ0v) is 18.5. The van der Waals surface area contributed by atoms with E-state index in [1.807, 2.05) is 29.6 Å². The number of hydrogen-bond acceptors (Lipinski definition) is 6. The lowest BCUT2D eigenvalue weighted by atomic mass is 10.0. The smallest absolute Gasteiger partial charge is 0.257 e. The van der Waals surface area contributed by atoms with E-state index >= 15 is 0 Å². The number of benzene rings is 1. The Morgan fingerprint density at radius 3 is 2.53 bits per heavy atom. The monoisotopic (exact) mass is 427 g/mol. The summed E-state index contributed by atoms with van der Waals surface area (Å²) in [5.41, 5.74) is 1.97. The Morgan fingerprint density at radius 2 is 1.87 bits per heavy atom. The molecule has 0 bridgehead atoms. The van der Waals surface area contributed by atoms with Crippen molar-refractivity contribution in [3.8, 4) is 11.5 Å². The number of nitrogens with zero attached hydrogens (tertiary/aromatic N) is 3. The van der Waals surface area contributed by atoms with Gasteiger partial charge in [0.25, 0.3) is 5.91 Å². The van der Waals surface area contributed by atoms with Gasteiger partial charge in [-0.25, -0.2) is 5.01 Å². The standard InChI is InChI=1S/C23H29N3O3S/c1-28-20-10-9-17(14-21(20)29-2)19-15-18(22-8-7-13-30-22)24-26(19)23(27)16-25-11-5-3-4-6-12-25/h7-10,13-14,19H,3-6,11-12,15-16H2,1-2H3. The van der Waals surface area contributed by atoms with Crippen LogP contribution in [0.1, 0.15) is 48.6 Å². The van der Waals surface area contributed by atoms with Crippen molar-refractivity contribution in [2.45, 2.75) is 38.1 Å². The highest BCUT2D eigenvalue weighted by Crippen LogP contribution is 2.38. The SMILES string of the molecule is COc1ccc(C2CC(c3cccs3)=NN2C(=O)CN2CCCCCC2)cc1OC. The fourth-order valence-electron chi connectivity index (χ4n) is 4.21. The third-order valence-corrected chi connectivity index (χ3v) is 6.74. The molecule has 160 valence electrons. The van der Waals surface area contributed by atoms with E-state index in [1.165, 1.54) is 12.8 Å². The van der Waals surface area contributed by atoms with Gasteiger partial charge in [0, 0.05) is 6.42 Å². The predicted molar refractivity (Wildman–Crippen MR) is 120 cm³/mol. The van der Waals surface area contributed by atoms with E-state index in [4.69, 9.17) is 14.6 Å². The molecule has 2 aliphatic rings. The Morgan fingerprint density at radius 1 is 1.10 bits per heavy atom. The molecule has 0 saturated carbocycles. The number of hydrazone groups is 1. The van der Waals surface area contributed by atoms with Crippen LogP contribution in [0, 0.1) is 0 Å². The van der Waals surface area contributed by atoms with Crippen LogP contribution in [0.2, 0.25) is 0 Å². The van der Waals surface area contributed by atoms with Gasteiger partial charge < -0.3 is 9.47 Å². The molecule has 1 atom stereocenters. The number of rotatable bonds is 6. The quantitative estimate of drug-likeness (QED) is 0.689. The molecule has 1 fully saturated rings. The summed E-state index contributed by atoms with van der Waals surface area (Å²) in [5.74, 6) is 1.41. The number of thiophene rings is 1. The average Bonchev–Trinajstić information content (AvgIpc) is 3.39. The van der Waals surface area contributed by atoms with Crippen molar-refractivity contribution in [3.63, 3.8) is 0 Å². The molecule has 2 aliphatic heterocycles. The number of methoxy groups -OCH3 is 2. The highest BCUT2D eigenvalue weighted by atomic mass is 32.1. The first kappa shape index (κ1) is 20.9. The van der Waals surface area contributed by atoms with Crippen molar-refractivity contribution in [3.05, 3.63) is 46.2 Å². The third kappa shape index (κ3) is 4.52. The molecule has 0 radical (unpaired) electrons. The first-order valence-corrected chi connectivity index (χ1v) is 11.4. The van der Waals surface area contributed by atoms with Crippen LogP contribution in [0.25, 0.3) is 0 Å². The summed E-state index contributed by atoms with van der Waals surface area (Å²) in [7, 11) is 3.26. The first-order chi connectivity index (χ1) is 14.7. The Labute approximate surface area is 182 Å². The number of ether oxygens (including phenoxy) is 2. The molecule has 1 unspecified atom stereocenters. The Balaban J connectivity index is 1.60. The van der Waals surface area contributed by atoms with E-state index < -0.39 is 0 Å². The van der Waals surface area contributed by atoms with Gasteiger partial charge in [-0.1, -0.05) is 25.0 Å². The normalized spacial score (nSPS) is 20.0. The summed E-state index contributed by atoms with van der Waals surface area (Å²) >= 11 is 1.66. The van der Waals surface area contributed by atoms with Crippen molar-refractivity contribution < 1.29 is 14.3 Å². The second kappa shape index (κ2) is 9.62. The number of likely N-dealkylation sites (tertiary alicyclic amines) is 1. The molecule has 2 aromatic rings. The van der Waals surface area contributed by atoms with E-state index in [1.54, 1.807) is 30.6 Å². The van der Waals surface area contributed by atoms with Crippen LogP contribution in [0.4, 0.5) is 0 Å². The maximum atomic E-state index is 13.3. The van der Waals surface area contributed by atoms with Crippen molar-refractivity contribution >= 4 is 23.0 Å². The lowest BCUT2D eigenvalue weighted by Crippen LogP contribution is -2.38. The second-order valence-corrected chi connectivity index (χ2v) is 8.73. The van der Waals surface area contributed by atoms with Crippen LogP contribution in [-0.4, -0.2) is 55.4 Å². The first-order valence-electron chi connectivity index (χ1n) is 10.6. The minimum absolute atomic E-state index is 0.0586. The fourth-order valence-corrected chi connectivity index (χ4v) is 4.93. The highest BCUT2D eigenvalue weighted by molar-refractivity contribution is 7.12. The Bertz CT molecular complexity index is 889. The lowest BCUT2D eigenvalue weighted by Gasteiger charge is -2.26. The average molecular weight is 428 g/mol. The van der Waals surface area contributed by atoms with Gasteiger partial charge in [0.05, 0.1) is 37.4 Å². The van der Waals surface area contributed by atoms with Crippen LogP contribution in [0.15, 0.2) is 40.8 Å². The molecule has 6 nitrogen and oxygen atoms in total. The molecule has 0 spiro atoms. The van der Waals surface area contributed by atoms with Gasteiger partial charge in [-0.2, -0.15) is 5.10 Å². The molecule has 1 aromatic heterocycles. The largest absolute Gasteiger partial charge is 0.493 e. The van der Waals surface area contributed by atoms with Crippen LogP contribution in [0.5, 0.6) is 11.5 Å². The molecule has 30 heavy (non-hydrogen) atoms. The molecule has 0 N–H and O–H groups in total. The van der Waals surface area contributed by atoms with Gasteiger partial charge in [0.15, 0.2) is 11.5 Å². The van der Waals surface area contributed by atoms with Crippen molar-refractivity contribution in [2.75, 3.05) is 33.9 Å². The fraction of sp³-hybridized carbons (Fsp3) is 0.478. The van der Waals surface area contributed by atoms with Gasteiger partial charge in [0.2, 0.25) is 0 Å². The second-order valence-electron chi connectivity index (χ2n) is 7.79. The van der Waals surface area contributed by atoms with E-state index in [9.17, 15) is 4.79 Å². The minimum Gasteiger partial charge on any atom is -0.493 e. The molecule has 0 aliphatic carbocycles. The van der Waals surface area contributed by atoms with Crippen LogP contribution >= 0.6 is 11.3 Å². The predicted octanol–water partition coefficient (Wildman–Crippen LogP) is 4.32. The third-order valence-electron chi connectivity index (χ3n) is 5.82. The van der Waals surface area contributed by atoms with Gasteiger partial charge in [-0.15, -0.1) is 11.3 Å². The molecule has 4 rings (SSSR count). The molecular weight excluding hydrogens is 398 g/mol. The molecule has 7 heteroatoms. The van der Waals surface area contributed by atoms with Gasteiger partial charge in [-0.3, -0.25) is 9.69 Å². The zero-order chi connectivity index (χ0) is 20.9. The maximum Gasteiger partial charge on any atom is 0.257 e. The summed E-state index contributed by atoms with van der Waals surface area (Å²) < 4.78 is 10.9. The summed E-state index contributed by atoms with van der Waals surface area (Å²) in [5, 5.41) is 8.53. The highest BCUT2D eigenvalue weighted by Gasteiger charge is 2.34. The summed E-state index contributed by atoms with van der Waals surface area (Å²) in [6.45, 7) is 2.40. The number of amides is 1. The van der Waals surface area contributed by atoms with Gasteiger partial charge >= 0.3 is 0 Å².